The van der Waals surface area contributed by atoms with Crippen molar-refractivity contribution in [1.29, 1.82) is 0 Å². The van der Waals surface area contributed by atoms with Gasteiger partial charge in [0.15, 0.2) is 0 Å². The van der Waals surface area contributed by atoms with Crippen molar-refractivity contribution in [3.63, 3.8) is 0 Å². The molecule has 2 N–H and O–H groups in total. The van der Waals surface area contributed by atoms with E-state index in [-0.39, 0.29) is 6.04 Å². The first-order chi connectivity index (χ1) is 9.67. The molecule has 0 spiro atoms. The van der Waals surface area contributed by atoms with Gasteiger partial charge in [0.1, 0.15) is 5.75 Å². The molecule has 104 valence electrons. The van der Waals surface area contributed by atoms with Crippen LogP contribution in [-0.2, 0) is 6.42 Å². The maximum atomic E-state index is 6.34. The molecule has 3 aromatic rings. The van der Waals surface area contributed by atoms with E-state index in [4.69, 9.17) is 10.5 Å². The first-order valence-corrected chi connectivity index (χ1v) is 8.71. The van der Waals surface area contributed by atoms with Gasteiger partial charge in [0.05, 0.1) is 11.6 Å². The highest BCUT2D eigenvalue weighted by atomic mass is 79.9. The van der Waals surface area contributed by atoms with Crippen LogP contribution < -0.4 is 10.5 Å². The monoisotopic (exact) mass is 367 g/mol. The zero-order valence-electron chi connectivity index (χ0n) is 10.9. The minimum Gasteiger partial charge on any atom is -0.496 e. The van der Waals surface area contributed by atoms with Crippen LogP contribution in [0.25, 0.3) is 9.40 Å². The van der Waals surface area contributed by atoms with Gasteiger partial charge < -0.3 is 10.5 Å². The van der Waals surface area contributed by atoms with Gasteiger partial charge in [-0.3, -0.25) is 0 Å². The van der Waals surface area contributed by atoms with Gasteiger partial charge >= 0.3 is 0 Å². The van der Waals surface area contributed by atoms with Crippen molar-refractivity contribution in [2.75, 3.05) is 7.11 Å². The fraction of sp³-hybridized carbons (Fsp3) is 0.200. The van der Waals surface area contributed by atoms with Crippen molar-refractivity contribution in [2.45, 2.75) is 12.5 Å². The molecule has 0 aliphatic heterocycles. The van der Waals surface area contributed by atoms with Gasteiger partial charge in [-0.1, -0.05) is 6.07 Å². The van der Waals surface area contributed by atoms with Gasteiger partial charge in [0, 0.05) is 20.3 Å². The second-order valence-electron chi connectivity index (χ2n) is 4.58. The lowest BCUT2D eigenvalue weighted by Gasteiger charge is -2.11. The predicted molar refractivity (Wildman–Crippen MR) is 91.0 cm³/mol. The number of thiophene rings is 2. The van der Waals surface area contributed by atoms with Crippen LogP contribution in [0.5, 0.6) is 5.75 Å². The molecular weight excluding hydrogens is 354 g/mol. The predicted octanol–water partition coefficient (Wildman–Crippen LogP) is 4.98. The van der Waals surface area contributed by atoms with Gasteiger partial charge in [-0.05, 0) is 57.6 Å². The SMILES string of the molecule is COc1ccc(CC(N)c2cc3sccc3s2)cc1Br. The van der Waals surface area contributed by atoms with Crippen LogP contribution >= 0.6 is 38.6 Å². The van der Waals surface area contributed by atoms with Crippen molar-refractivity contribution in [2.24, 2.45) is 5.73 Å². The number of rotatable bonds is 4. The van der Waals surface area contributed by atoms with E-state index in [9.17, 15) is 0 Å². The summed E-state index contributed by atoms with van der Waals surface area (Å²) in [5, 5.41) is 2.12. The summed E-state index contributed by atoms with van der Waals surface area (Å²) in [4.78, 5) is 1.25. The molecule has 2 aromatic heterocycles. The van der Waals surface area contributed by atoms with E-state index < -0.39 is 0 Å². The zero-order valence-corrected chi connectivity index (χ0v) is 14.1. The normalized spacial score (nSPS) is 12.8. The van der Waals surface area contributed by atoms with E-state index in [0.29, 0.717) is 0 Å². The number of fused-ring (bicyclic) bond motifs is 1. The molecule has 0 amide bonds. The topological polar surface area (TPSA) is 35.2 Å². The fourth-order valence-electron chi connectivity index (χ4n) is 2.16. The van der Waals surface area contributed by atoms with Gasteiger partial charge in [0.2, 0.25) is 0 Å². The number of hydrogen-bond acceptors (Lipinski definition) is 4. The Hall–Kier alpha value is -0.880. The van der Waals surface area contributed by atoms with Crippen LogP contribution in [0, 0.1) is 0 Å². The number of halogens is 1. The molecule has 1 unspecified atom stereocenters. The van der Waals surface area contributed by atoms with Crippen molar-refractivity contribution in [3.05, 3.63) is 50.6 Å². The molecule has 0 radical (unpaired) electrons. The molecule has 1 aromatic carbocycles. The van der Waals surface area contributed by atoms with Crippen LogP contribution in [0.15, 0.2) is 40.2 Å². The molecule has 0 aliphatic rings. The Labute approximate surface area is 134 Å². The van der Waals surface area contributed by atoms with E-state index in [1.807, 2.05) is 6.07 Å². The van der Waals surface area contributed by atoms with Crippen LogP contribution in [-0.4, -0.2) is 7.11 Å². The summed E-state index contributed by atoms with van der Waals surface area (Å²) in [6, 6.07) is 10.5. The molecule has 5 heteroatoms. The van der Waals surface area contributed by atoms with Crippen molar-refractivity contribution in [1.82, 2.24) is 0 Å². The lowest BCUT2D eigenvalue weighted by Crippen LogP contribution is -2.11. The highest BCUT2D eigenvalue weighted by Gasteiger charge is 2.12. The van der Waals surface area contributed by atoms with Crippen molar-refractivity contribution < 1.29 is 4.74 Å². The molecule has 0 saturated carbocycles. The Morgan fingerprint density at radius 3 is 2.80 bits per heavy atom. The van der Waals surface area contributed by atoms with E-state index in [1.54, 1.807) is 29.8 Å². The third-order valence-corrected chi connectivity index (χ3v) is 6.04. The number of methoxy groups -OCH3 is 1. The lowest BCUT2D eigenvalue weighted by atomic mass is 10.1. The summed E-state index contributed by atoms with van der Waals surface area (Å²) in [5.74, 6) is 0.846. The Balaban J connectivity index is 1.79. The third-order valence-electron chi connectivity index (χ3n) is 3.20. The average molecular weight is 368 g/mol. The Morgan fingerprint density at radius 2 is 2.10 bits per heavy atom. The second kappa shape index (κ2) is 5.85. The summed E-state index contributed by atoms with van der Waals surface area (Å²) < 4.78 is 8.87. The van der Waals surface area contributed by atoms with E-state index in [2.05, 4.69) is 45.6 Å². The lowest BCUT2D eigenvalue weighted by molar-refractivity contribution is 0.412. The molecule has 0 saturated heterocycles. The first-order valence-electron chi connectivity index (χ1n) is 6.22. The largest absolute Gasteiger partial charge is 0.496 e. The molecule has 0 bridgehead atoms. The van der Waals surface area contributed by atoms with Crippen molar-refractivity contribution >= 4 is 48.0 Å². The third kappa shape index (κ3) is 2.76. The molecule has 20 heavy (non-hydrogen) atoms. The number of benzene rings is 1. The standard InChI is InChI=1S/C15H14BrNOS2/c1-18-12-3-2-9(6-10(12)16)7-11(17)14-8-15-13(20-14)4-5-19-15/h2-6,8,11H,7,17H2,1H3. The van der Waals surface area contributed by atoms with Gasteiger partial charge in [0.25, 0.3) is 0 Å². The first kappa shape index (κ1) is 14.1. The van der Waals surface area contributed by atoms with Gasteiger partial charge in [-0.25, -0.2) is 0 Å². The Bertz CT molecular complexity index is 706. The minimum absolute atomic E-state index is 0.0416. The molecule has 3 rings (SSSR count). The van der Waals surface area contributed by atoms with E-state index >= 15 is 0 Å². The minimum atomic E-state index is 0.0416. The average Bonchev–Trinajstić information content (AvgIpc) is 2.99. The summed E-state index contributed by atoms with van der Waals surface area (Å²) in [6.07, 6.45) is 0.830. The molecule has 2 nitrogen and oxygen atoms in total. The van der Waals surface area contributed by atoms with Gasteiger partial charge in [-0.15, -0.1) is 22.7 Å². The molecule has 0 aliphatic carbocycles. The number of hydrogen-bond donors (Lipinski definition) is 1. The second-order valence-corrected chi connectivity index (χ2v) is 7.49. The summed E-state index contributed by atoms with van der Waals surface area (Å²) in [5.41, 5.74) is 7.55. The highest BCUT2D eigenvalue weighted by Crippen LogP contribution is 2.34. The zero-order chi connectivity index (χ0) is 14.1. The Kier molecular flexibility index (Phi) is 4.12. The summed E-state index contributed by atoms with van der Waals surface area (Å²) in [7, 11) is 1.67. The number of ether oxygens (including phenoxy) is 1. The van der Waals surface area contributed by atoms with Crippen molar-refractivity contribution in [3.8, 4) is 5.75 Å². The Morgan fingerprint density at radius 1 is 1.25 bits per heavy atom. The summed E-state index contributed by atoms with van der Waals surface area (Å²) in [6.45, 7) is 0. The van der Waals surface area contributed by atoms with Crippen LogP contribution in [0.3, 0.4) is 0 Å². The summed E-state index contributed by atoms with van der Waals surface area (Å²) >= 11 is 7.08. The molecule has 1 atom stereocenters. The smallest absolute Gasteiger partial charge is 0.133 e. The fourth-order valence-corrected chi connectivity index (χ4v) is 4.87. The number of nitrogens with two attached hydrogens (primary N) is 1. The highest BCUT2D eigenvalue weighted by molar-refractivity contribution is 9.10. The van der Waals surface area contributed by atoms with Gasteiger partial charge in [-0.2, -0.15) is 0 Å². The maximum Gasteiger partial charge on any atom is 0.133 e. The van der Waals surface area contributed by atoms with Crippen LogP contribution in [0.1, 0.15) is 16.5 Å². The van der Waals surface area contributed by atoms with E-state index in [1.165, 1.54) is 19.8 Å². The maximum absolute atomic E-state index is 6.34. The quantitative estimate of drug-likeness (QED) is 0.705. The van der Waals surface area contributed by atoms with Crippen LogP contribution in [0.4, 0.5) is 0 Å². The van der Waals surface area contributed by atoms with E-state index in [0.717, 1.165) is 16.6 Å². The molecule has 2 heterocycles. The molecule has 0 fully saturated rings. The van der Waals surface area contributed by atoms with Crippen LogP contribution in [0.2, 0.25) is 0 Å². The molecular formula is C15H14BrNOS2.